The van der Waals surface area contributed by atoms with Crippen LogP contribution >= 0.6 is 22.6 Å². The first-order valence-electron chi connectivity index (χ1n) is 8.16. The topological polar surface area (TPSA) is 53.4 Å². The number of phenolic OH excluding ortho intramolecular Hbond substituents is 1. The van der Waals surface area contributed by atoms with E-state index < -0.39 is 0 Å². The van der Waals surface area contributed by atoms with Crippen LogP contribution in [-0.2, 0) is 0 Å². The highest BCUT2D eigenvalue weighted by atomic mass is 127. The minimum Gasteiger partial charge on any atom is -0.506 e. The second-order valence-corrected chi connectivity index (χ2v) is 7.69. The van der Waals surface area contributed by atoms with Crippen molar-refractivity contribution in [2.24, 2.45) is 0 Å². The van der Waals surface area contributed by atoms with Crippen LogP contribution in [0.3, 0.4) is 0 Å². The first-order valence-corrected chi connectivity index (χ1v) is 9.24. The molecule has 0 saturated carbocycles. The Kier molecular flexibility index (Phi) is 3.91. The average molecular weight is 444 g/mol. The number of aromatic nitrogens is 1. The summed E-state index contributed by atoms with van der Waals surface area (Å²) in [6, 6.07) is 11.4. The van der Waals surface area contributed by atoms with Gasteiger partial charge >= 0.3 is 0 Å². The SMILES string of the molecule is Cc1ccc(I)c(C(=O)N2CC(C)c3c2cc(O)c2ncccc32)c1. The number of nitrogens with zero attached hydrogens (tertiary/aromatic N) is 2. The van der Waals surface area contributed by atoms with Crippen molar-refractivity contribution in [3.8, 4) is 5.75 Å². The third-order valence-corrected chi connectivity index (χ3v) is 5.67. The molecule has 4 rings (SSSR count). The third kappa shape index (κ3) is 2.57. The van der Waals surface area contributed by atoms with E-state index in [1.807, 2.05) is 37.3 Å². The maximum absolute atomic E-state index is 13.2. The fourth-order valence-corrected chi connectivity index (χ4v) is 4.15. The molecular weight excluding hydrogens is 427 g/mol. The largest absolute Gasteiger partial charge is 0.506 e. The van der Waals surface area contributed by atoms with Gasteiger partial charge < -0.3 is 10.0 Å². The van der Waals surface area contributed by atoms with Crippen molar-refractivity contribution in [3.63, 3.8) is 0 Å². The van der Waals surface area contributed by atoms with Crippen LogP contribution in [0.4, 0.5) is 5.69 Å². The van der Waals surface area contributed by atoms with Crippen molar-refractivity contribution in [1.82, 2.24) is 4.98 Å². The number of anilines is 1. The van der Waals surface area contributed by atoms with Crippen molar-refractivity contribution in [2.45, 2.75) is 19.8 Å². The van der Waals surface area contributed by atoms with Gasteiger partial charge in [-0.15, -0.1) is 0 Å². The maximum atomic E-state index is 13.2. The van der Waals surface area contributed by atoms with Gasteiger partial charge in [0.05, 0.1) is 11.3 Å². The average Bonchev–Trinajstić information content (AvgIpc) is 2.93. The summed E-state index contributed by atoms with van der Waals surface area (Å²) in [6.07, 6.45) is 1.67. The summed E-state index contributed by atoms with van der Waals surface area (Å²) in [5, 5.41) is 11.3. The number of aryl methyl sites for hydroxylation is 1. The van der Waals surface area contributed by atoms with Gasteiger partial charge in [-0.1, -0.05) is 24.6 Å². The molecule has 0 spiro atoms. The van der Waals surface area contributed by atoms with Crippen LogP contribution in [0.2, 0.25) is 0 Å². The second-order valence-electron chi connectivity index (χ2n) is 6.53. The molecular formula is C20H17IN2O2. The molecule has 0 aliphatic carbocycles. The molecule has 2 heterocycles. The summed E-state index contributed by atoms with van der Waals surface area (Å²) in [5.74, 6) is 0.273. The van der Waals surface area contributed by atoms with E-state index in [9.17, 15) is 9.90 Å². The molecule has 25 heavy (non-hydrogen) atoms. The monoisotopic (exact) mass is 444 g/mol. The highest BCUT2D eigenvalue weighted by Gasteiger charge is 2.33. The summed E-state index contributed by atoms with van der Waals surface area (Å²) in [4.78, 5) is 19.3. The van der Waals surface area contributed by atoms with Gasteiger partial charge in [-0.2, -0.15) is 0 Å². The van der Waals surface area contributed by atoms with Gasteiger partial charge in [0.15, 0.2) is 0 Å². The van der Waals surface area contributed by atoms with Gasteiger partial charge in [-0.3, -0.25) is 9.78 Å². The molecule has 0 saturated heterocycles. The van der Waals surface area contributed by atoms with Crippen LogP contribution in [0.1, 0.15) is 34.3 Å². The molecule has 5 heteroatoms. The number of carbonyl (C=O) groups is 1. The highest BCUT2D eigenvalue weighted by Crippen LogP contribution is 2.44. The second kappa shape index (κ2) is 5.98. The number of benzene rings is 2. The van der Waals surface area contributed by atoms with Crippen molar-refractivity contribution in [2.75, 3.05) is 11.4 Å². The lowest BCUT2D eigenvalue weighted by atomic mass is 9.98. The van der Waals surface area contributed by atoms with Gasteiger partial charge in [-0.25, -0.2) is 0 Å². The number of hydrogen-bond acceptors (Lipinski definition) is 3. The summed E-state index contributed by atoms with van der Waals surface area (Å²) in [5.41, 5.74) is 4.21. The highest BCUT2D eigenvalue weighted by molar-refractivity contribution is 14.1. The Bertz CT molecular complexity index is 1020. The number of pyridine rings is 1. The first kappa shape index (κ1) is 16.3. The van der Waals surface area contributed by atoms with E-state index in [0.29, 0.717) is 17.6 Å². The molecule has 1 aromatic heterocycles. The molecule has 0 fully saturated rings. The maximum Gasteiger partial charge on any atom is 0.259 e. The van der Waals surface area contributed by atoms with Gasteiger partial charge in [0, 0.05) is 33.7 Å². The van der Waals surface area contributed by atoms with Gasteiger partial charge in [0.25, 0.3) is 5.91 Å². The number of halogens is 1. The van der Waals surface area contributed by atoms with Crippen molar-refractivity contribution < 1.29 is 9.90 Å². The lowest BCUT2D eigenvalue weighted by molar-refractivity contribution is 0.0987. The zero-order valence-electron chi connectivity index (χ0n) is 14.0. The molecule has 1 aliphatic rings. The van der Waals surface area contributed by atoms with E-state index in [4.69, 9.17) is 0 Å². The van der Waals surface area contributed by atoms with Crippen molar-refractivity contribution in [1.29, 1.82) is 0 Å². The molecule has 1 atom stereocenters. The minimum absolute atomic E-state index is 0.0265. The number of rotatable bonds is 1. The Morgan fingerprint density at radius 1 is 1.32 bits per heavy atom. The predicted molar refractivity (Wildman–Crippen MR) is 107 cm³/mol. The van der Waals surface area contributed by atoms with Crippen molar-refractivity contribution in [3.05, 3.63) is 62.9 Å². The Morgan fingerprint density at radius 2 is 2.12 bits per heavy atom. The van der Waals surface area contributed by atoms with Gasteiger partial charge in [0.2, 0.25) is 0 Å². The lowest BCUT2D eigenvalue weighted by Gasteiger charge is -2.19. The molecule has 0 radical (unpaired) electrons. The molecule has 1 N–H and O–H groups in total. The fourth-order valence-electron chi connectivity index (χ4n) is 3.59. The molecule has 3 aromatic rings. The number of phenols is 1. The summed E-state index contributed by atoms with van der Waals surface area (Å²) in [7, 11) is 0. The molecule has 126 valence electrons. The first-order chi connectivity index (χ1) is 12.0. The van der Waals surface area contributed by atoms with Crippen LogP contribution in [0, 0.1) is 10.5 Å². The minimum atomic E-state index is -0.0265. The van der Waals surface area contributed by atoms with Crippen LogP contribution in [-0.4, -0.2) is 22.5 Å². The zero-order valence-corrected chi connectivity index (χ0v) is 16.1. The van der Waals surface area contributed by atoms with E-state index >= 15 is 0 Å². The van der Waals surface area contributed by atoms with Crippen LogP contribution in [0.25, 0.3) is 10.9 Å². The number of hydrogen-bond donors (Lipinski definition) is 1. The van der Waals surface area contributed by atoms with Crippen molar-refractivity contribution >= 4 is 45.1 Å². The van der Waals surface area contributed by atoms with Gasteiger partial charge in [0.1, 0.15) is 11.3 Å². The quantitative estimate of drug-likeness (QED) is 0.558. The van der Waals surface area contributed by atoms with Gasteiger partial charge in [-0.05, 0) is 53.3 Å². The van der Waals surface area contributed by atoms with Crippen LogP contribution < -0.4 is 4.90 Å². The molecule has 0 bridgehead atoms. The Balaban J connectivity index is 1.89. The standard InChI is InChI=1S/C20H17IN2O2/c1-11-5-6-15(21)14(8-11)20(25)23-10-12(2)18-13-4-3-7-22-19(13)17(24)9-16(18)23/h3-9,12,24H,10H2,1-2H3. The van der Waals surface area contributed by atoms with Crippen LogP contribution in [0.5, 0.6) is 5.75 Å². The third-order valence-electron chi connectivity index (χ3n) is 4.73. The zero-order chi connectivity index (χ0) is 17.7. The number of aromatic hydroxyl groups is 1. The molecule has 1 unspecified atom stereocenters. The van der Waals surface area contributed by atoms with E-state index in [0.717, 1.165) is 25.8 Å². The number of carbonyl (C=O) groups excluding carboxylic acids is 1. The summed E-state index contributed by atoms with van der Waals surface area (Å²) >= 11 is 2.20. The Labute approximate surface area is 159 Å². The number of fused-ring (bicyclic) bond motifs is 3. The molecule has 1 aliphatic heterocycles. The van der Waals surface area contributed by atoms with E-state index in [2.05, 4.69) is 34.5 Å². The molecule has 2 aromatic carbocycles. The van der Waals surface area contributed by atoms with E-state index in [-0.39, 0.29) is 17.6 Å². The summed E-state index contributed by atoms with van der Waals surface area (Å²) in [6.45, 7) is 4.70. The normalized spacial score (nSPS) is 16.3. The van der Waals surface area contributed by atoms with E-state index in [1.54, 1.807) is 17.2 Å². The Morgan fingerprint density at radius 3 is 2.92 bits per heavy atom. The Hall–Kier alpha value is -2.15. The lowest BCUT2D eigenvalue weighted by Crippen LogP contribution is -2.30. The van der Waals surface area contributed by atoms with Crippen LogP contribution in [0.15, 0.2) is 42.6 Å². The fraction of sp³-hybridized carbons (Fsp3) is 0.200. The predicted octanol–water partition coefficient (Wildman–Crippen LogP) is 4.62. The smallest absolute Gasteiger partial charge is 0.259 e. The molecule has 4 nitrogen and oxygen atoms in total. The number of amides is 1. The molecule has 1 amide bonds. The van der Waals surface area contributed by atoms with E-state index in [1.165, 1.54) is 0 Å². The summed E-state index contributed by atoms with van der Waals surface area (Å²) < 4.78 is 0.931.